The molecule has 5 rings (SSSR count). The number of amides is 1. The van der Waals surface area contributed by atoms with Crippen LogP contribution in [-0.2, 0) is 9.53 Å². The largest absolute Gasteiger partial charge is 0.375 e. The van der Waals surface area contributed by atoms with Crippen molar-refractivity contribution in [3.63, 3.8) is 0 Å². The SMILES string of the molecule is COCC(=O)Nc1ccc(N2C(=S)N[C@H](c3ccccn3)[C@H]2c2cc(C)n(C3CCCCC3)c2C)cc1Cl. The number of aromatic nitrogens is 2. The van der Waals surface area contributed by atoms with Gasteiger partial charge >= 0.3 is 0 Å². The van der Waals surface area contributed by atoms with Crippen molar-refractivity contribution in [2.24, 2.45) is 0 Å². The van der Waals surface area contributed by atoms with E-state index in [2.05, 4.69) is 45.0 Å². The van der Waals surface area contributed by atoms with E-state index < -0.39 is 0 Å². The van der Waals surface area contributed by atoms with Crippen LogP contribution < -0.4 is 15.5 Å². The summed E-state index contributed by atoms with van der Waals surface area (Å²) >= 11 is 12.6. The van der Waals surface area contributed by atoms with E-state index in [1.54, 1.807) is 0 Å². The van der Waals surface area contributed by atoms with Gasteiger partial charge in [-0.2, -0.15) is 0 Å². The van der Waals surface area contributed by atoms with Gasteiger partial charge in [0.25, 0.3) is 0 Å². The van der Waals surface area contributed by atoms with Crippen LogP contribution in [0.2, 0.25) is 5.02 Å². The van der Waals surface area contributed by atoms with E-state index in [1.807, 2.05) is 42.6 Å². The molecule has 1 aromatic carbocycles. The van der Waals surface area contributed by atoms with E-state index in [0.717, 1.165) is 11.4 Å². The van der Waals surface area contributed by atoms with Crippen LogP contribution in [0, 0.1) is 13.8 Å². The van der Waals surface area contributed by atoms with Gasteiger partial charge in [0, 0.05) is 36.4 Å². The molecule has 1 saturated carbocycles. The summed E-state index contributed by atoms with van der Waals surface area (Å²) in [6.07, 6.45) is 8.13. The molecule has 3 heterocycles. The second kappa shape index (κ2) is 11.4. The standard InChI is InChI=1S/C29H34ClN5O2S/c1-18-15-22(19(2)34(18)20-9-5-4-6-10-20)28-27(25-11-7-8-14-31-25)33-29(38)35(28)21-12-13-24(23(30)16-21)32-26(36)17-37-3/h7-8,11-16,20,27-28H,4-6,9-10,17H2,1-3H3,(H,32,36)(H,33,38)/t27-,28-/m1/s1. The van der Waals surface area contributed by atoms with Crippen molar-refractivity contribution in [2.75, 3.05) is 23.9 Å². The van der Waals surface area contributed by atoms with Crippen LogP contribution in [-0.4, -0.2) is 34.3 Å². The number of thiocarbonyl (C=S) groups is 1. The van der Waals surface area contributed by atoms with E-state index in [-0.39, 0.29) is 24.6 Å². The minimum atomic E-state index is -0.260. The third kappa shape index (κ3) is 5.17. The minimum absolute atomic E-state index is 0.0390. The smallest absolute Gasteiger partial charge is 0.250 e. The highest BCUT2D eigenvalue weighted by Crippen LogP contribution is 2.45. The predicted molar refractivity (Wildman–Crippen MR) is 156 cm³/mol. The summed E-state index contributed by atoms with van der Waals surface area (Å²) in [4.78, 5) is 18.9. The number of hydrogen-bond acceptors (Lipinski definition) is 4. The number of ether oxygens (including phenoxy) is 1. The molecule has 0 radical (unpaired) electrons. The first kappa shape index (κ1) is 26.7. The number of pyridine rings is 1. The van der Waals surface area contributed by atoms with Gasteiger partial charge in [-0.3, -0.25) is 9.78 Å². The molecule has 0 spiro atoms. The number of rotatable bonds is 7. The number of nitrogens with one attached hydrogen (secondary N) is 2. The lowest BCUT2D eigenvalue weighted by Crippen LogP contribution is -2.29. The summed E-state index contributed by atoms with van der Waals surface area (Å²) in [7, 11) is 1.48. The molecule has 1 aliphatic heterocycles. The molecule has 1 amide bonds. The molecule has 0 unspecified atom stereocenters. The number of aryl methyl sites for hydroxylation is 1. The number of carbonyl (C=O) groups is 1. The molecule has 38 heavy (non-hydrogen) atoms. The summed E-state index contributed by atoms with van der Waals surface area (Å²) in [5, 5.41) is 7.38. The van der Waals surface area contributed by atoms with Crippen molar-refractivity contribution < 1.29 is 9.53 Å². The quantitative estimate of drug-likeness (QED) is 0.330. The molecule has 3 aromatic rings. The Balaban J connectivity index is 1.56. The van der Waals surface area contributed by atoms with Crippen molar-refractivity contribution in [1.82, 2.24) is 14.9 Å². The van der Waals surface area contributed by atoms with Crippen LogP contribution >= 0.6 is 23.8 Å². The molecule has 7 nitrogen and oxygen atoms in total. The van der Waals surface area contributed by atoms with E-state index in [4.69, 9.17) is 28.6 Å². The van der Waals surface area contributed by atoms with Crippen LogP contribution in [0.4, 0.5) is 11.4 Å². The maximum Gasteiger partial charge on any atom is 0.250 e. The Labute approximate surface area is 234 Å². The minimum Gasteiger partial charge on any atom is -0.375 e. The van der Waals surface area contributed by atoms with Crippen LogP contribution in [0.1, 0.15) is 72.9 Å². The van der Waals surface area contributed by atoms with Crippen LogP contribution in [0.3, 0.4) is 0 Å². The lowest BCUT2D eigenvalue weighted by Gasteiger charge is -2.30. The van der Waals surface area contributed by atoms with Crippen molar-refractivity contribution in [2.45, 2.75) is 64.1 Å². The molecule has 1 saturated heterocycles. The van der Waals surface area contributed by atoms with Gasteiger partial charge in [-0.1, -0.05) is 36.9 Å². The molecular weight excluding hydrogens is 518 g/mol. The molecule has 9 heteroatoms. The molecule has 2 aromatic heterocycles. The predicted octanol–water partition coefficient (Wildman–Crippen LogP) is 6.42. The second-order valence-electron chi connectivity index (χ2n) is 10.1. The van der Waals surface area contributed by atoms with Gasteiger partial charge in [-0.05, 0) is 80.9 Å². The van der Waals surface area contributed by atoms with Crippen LogP contribution in [0.5, 0.6) is 0 Å². The molecule has 2 atom stereocenters. The number of methoxy groups -OCH3 is 1. The van der Waals surface area contributed by atoms with Crippen molar-refractivity contribution in [1.29, 1.82) is 0 Å². The van der Waals surface area contributed by atoms with Crippen molar-refractivity contribution in [3.05, 3.63) is 76.3 Å². The number of anilines is 2. The fourth-order valence-corrected chi connectivity index (χ4v) is 6.59. The average Bonchev–Trinajstić information content (AvgIpc) is 3.41. The van der Waals surface area contributed by atoms with Gasteiger partial charge in [0.15, 0.2) is 5.11 Å². The van der Waals surface area contributed by atoms with Gasteiger partial charge in [0.2, 0.25) is 5.91 Å². The third-order valence-corrected chi connectivity index (χ3v) is 8.29. The Bertz CT molecular complexity index is 1320. The normalized spacial score (nSPS) is 20.0. The topological polar surface area (TPSA) is 71.4 Å². The van der Waals surface area contributed by atoms with Gasteiger partial charge in [0.05, 0.1) is 28.5 Å². The zero-order valence-corrected chi connectivity index (χ0v) is 23.6. The Kier molecular flexibility index (Phi) is 8.02. The van der Waals surface area contributed by atoms with E-state index in [9.17, 15) is 4.79 Å². The Morgan fingerprint density at radius 1 is 1.18 bits per heavy atom. The molecule has 1 aliphatic carbocycles. The second-order valence-corrected chi connectivity index (χ2v) is 10.9. The average molecular weight is 552 g/mol. The highest BCUT2D eigenvalue weighted by atomic mass is 35.5. The first-order valence-corrected chi connectivity index (χ1v) is 13.9. The number of carbonyl (C=O) groups excluding carboxylic acids is 1. The molecular formula is C29H34ClN5O2S. The molecule has 200 valence electrons. The fraction of sp³-hybridized carbons (Fsp3) is 0.414. The lowest BCUT2D eigenvalue weighted by atomic mass is 9.94. The number of benzene rings is 1. The maximum atomic E-state index is 12.1. The number of halogens is 1. The highest BCUT2D eigenvalue weighted by Gasteiger charge is 2.42. The first-order chi connectivity index (χ1) is 18.4. The molecule has 2 fully saturated rings. The van der Waals surface area contributed by atoms with Gasteiger partial charge < -0.3 is 24.8 Å². The summed E-state index contributed by atoms with van der Waals surface area (Å²) < 4.78 is 7.45. The first-order valence-electron chi connectivity index (χ1n) is 13.2. The van der Waals surface area contributed by atoms with Crippen LogP contribution in [0.25, 0.3) is 0 Å². The van der Waals surface area contributed by atoms with Crippen molar-refractivity contribution in [3.8, 4) is 0 Å². The maximum absolute atomic E-state index is 12.1. The number of nitrogens with zero attached hydrogens (tertiary/aromatic N) is 3. The summed E-state index contributed by atoms with van der Waals surface area (Å²) in [5.41, 5.74) is 6.08. The number of hydrogen-bond donors (Lipinski definition) is 2. The van der Waals surface area contributed by atoms with Gasteiger partial charge in [0.1, 0.15) is 6.61 Å². The zero-order valence-electron chi connectivity index (χ0n) is 22.0. The summed E-state index contributed by atoms with van der Waals surface area (Å²) in [5.74, 6) is -0.260. The molecule has 0 bridgehead atoms. The third-order valence-electron chi connectivity index (χ3n) is 7.66. The van der Waals surface area contributed by atoms with Gasteiger partial charge in [-0.25, -0.2) is 0 Å². The molecule has 2 N–H and O–H groups in total. The Morgan fingerprint density at radius 3 is 2.66 bits per heavy atom. The monoisotopic (exact) mass is 551 g/mol. The zero-order chi connectivity index (χ0) is 26.8. The Hall–Kier alpha value is -2.94. The van der Waals surface area contributed by atoms with E-state index in [0.29, 0.717) is 21.9 Å². The Morgan fingerprint density at radius 2 is 1.97 bits per heavy atom. The van der Waals surface area contributed by atoms with Gasteiger partial charge in [-0.15, -0.1) is 0 Å². The van der Waals surface area contributed by atoms with Crippen molar-refractivity contribution >= 4 is 46.2 Å². The van der Waals surface area contributed by atoms with E-state index in [1.165, 1.54) is 56.2 Å². The van der Waals surface area contributed by atoms with Crippen LogP contribution in [0.15, 0.2) is 48.7 Å². The lowest BCUT2D eigenvalue weighted by molar-refractivity contribution is -0.119. The fourth-order valence-electron chi connectivity index (χ4n) is 6.02. The summed E-state index contributed by atoms with van der Waals surface area (Å²) in [6.45, 7) is 4.40. The summed E-state index contributed by atoms with van der Waals surface area (Å²) in [6, 6.07) is 14.2. The van der Waals surface area contributed by atoms with E-state index >= 15 is 0 Å². The highest BCUT2D eigenvalue weighted by molar-refractivity contribution is 7.80. The molecule has 2 aliphatic rings.